The molecule has 2 aromatic carbocycles. The summed E-state index contributed by atoms with van der Waals surface area (Å²) in [4.78, 5) is 16.0. The SMILES string of the molecule is CCC(C)(C)N(C1=C/C(=N\S(=O)(=O)c2ccc(C)cc2)c2ccccc2C1=O)C(C)(C)CC. The Morgan fingerprint density at radius 2 is 1.36 bits per heavy atom. The van der Waals surface area contributed by atoms with Gasteiger partial charge >= 0.3 is 0 Å². The first-order valence-corrected chi connectivity index (χ1v) is 12.9. The van der Waals surface area contributed by atoms with Crippen LogP contribution in [0.3, 0.4) is 0 Å². The number of aryl methyl sites for hydroxylation is 1. The van der Waals surface area contributed by atoms with Crippen LogP contribution in [0.5, 0.6) is 0 Å². The number of ketones is 1. The molecule has 2 aromatic rings. The summed E-state index contributed by atoms with van der Waals surface area (Å²) in [5.74, 6) is -0.111. The van der Waals surface area contributed by atoms with Gasteiger partial charge in [0.25, 0.3) is 10.0 Å². The maximum Gasteiger partial charge on any atom is 0.282 e. The molecule has 1 aliphatic carbocycles. The first-order chi connectivity index (χ1) is 15.3. The number of benzene rings is 2. The van der Waals surface area contributed by atoms with Crippen molar-refractivity contribution in [3.05, 3.63) is 77.0 Å². The average molecular weight is 467 g/mol. The summed E-state index contributed by atoms with van der Waals surface area (Å²) in [6.07, 6.45) is 3.29. The van der Waals surface area contributed by atoms with Gasteiger partial charge in [0.15, 0.2) is 0 Å². The van der Waals surface area contributed by atoms with E-state index in [1.807, 2.05) is 6.92 Å². The zero-order chi connectivity index (χ0) is 24.6. The largest absolute Gasteiger partial charge is 0.358 e. The summed E-state index contributed by atoms with van der Waals surface area (Å²) in [5.41, 5.74) is 2.08. The van der Waals surface area contributed by atoms with Crippen LogP contribution in [-0.4, -0.2) is 35.9 Å². The minimum Gasteiger partial charge on any atom is -0.358 e. The zero-order valence-electron chi connectivity index (χ0n) is 20.6. The summed E-state index contributed by atoms with van der Waals surface area (Å²) < 4.78 is 30.6. The quantitative estimate of drug-likeness (QED) is 0.507. The van der Waals surface area contributed by atoms with Crippen LogP contribution >= 0.6 is 0 Å². The van der Waals surface area contributed by atoms with Crippen LogP contribution in [0.1, 0.15) is 75.9 Å². The molecule has 1 aliphatic rings. The second-order valence-corrected chi connectivity index (χ2v) is 11.4. The molecule has 0 bridgehead atoms. The van der Waals surface area contributed by atoms with Crippen molar-refractivity contribution in [3.8, 4) is 0 Å². The van der Waals surface area contributed by atoms with Gasteiger partial charge < -0.3 is 4.90 Å². The normalized spacial score (nSPS) is 15.9. The lowest BCUT2D eigenvalue weighted by Gasteiger charge is -2.51. The van der Waals surface area contributed by atoms with E-state index in [-0.39, 0.29) is 27.5 Å². The molecule has 0 N–H and O–H groups in total. The van der Waals surface area contributed by atoms with Crippen molar-refractivity contribution in [3.63, 3.8) is 0 Å². The molecule has 0 saturated heterocycles. The number of Topliss-reactive ketones (excluding diaryl/α,β-unsaturated/α-hetero) is 1. The molecule has 0 aromatic heterocycles. The highest BCUT2D eigenvalue weighted by atomic mass is 32.2. The molecule has 6 heteroatoms. The first-order valence-electron chi connectivity index (χ1n) is 11.4. The Balaban J connectivity index is 2.27. The van der Waals surface area contributed by atoms with Crippen molar-refractivity contribution in [2.45, 2.75) is 77.3 Å². The van der Waals surface area contributed by atoms with E-state index in [0.717, 1.165) is 18.4 Å². The smallest absolute Gasteiger partial charge is 0.282 e. The van der Waals surface area contributed by atoms with Crippen molar-refractivity contribution < 1.29 is 13.2 Å². The molecule has 176 valence electrons. The molecule has 3 rings (SSSR count). The van der Waals surface area contributed by atoms with Crippen LogP contribution in [0, 0.1) is 6.92 Å². The molecular formula is C27H34N2O3S. The van der Waals surface area contributed by atoms with Gasteiger partial charge in [0.2, 0.25) is 5.78 Å². The predicted octanol–water partition coefficient (Wildman–Crippen LogP) is 5.93. The van der Waals surface area contributed by atoms with Gasteiger partial charge in [0.05, 0.1) is 16.3 Å². The lowest BCUT2D eigenvalue weighted by molar-refractivity contribution is 0.0422. The Morgan fingerprint density at radius 3 is 1.88 bits per heavy atom. The van der Waals surface area contributed by atoms with Crippen LogP contribution in [-0.2, 0) is 10.0 Å². The third kappa shape index (κ3) is 4.81. The van der Waals surface area contributed by atoms with Gasteiger partial charge in [0.1, 0.15) is 0 Å². The molecule has 0 heterocycles. The number of nitrogens with zero attached hydrogens (tertiary/aromatic N) is 2. The lowest BCUT2D eigenvalue weighted by Crippen LogP contribution is -2.56. The fraction of sp³-hybridized carbons (Fsp3) is 0.407. The Bertz CT molecular complexity index is 1200. The zero-order valence-corrected chi connectivity index (χ0v) is 21.5. The molecule has 0 atom stereocenters. The van der Waals surface area contributed by atoms with Gasteiger partial charge in [-0.1, -0.05) is 55.8 Å². The number of carbonyl (C=O) groups is 1. The summed E-state index contributed by atoms with van der Waals surface area (Å²) in [6, 6.07) is 13.7. The number of allylic oxidation sites excluding steroid dienone is 2. The molecule has 33 heavy (non-hydrogen) atoms. The number of carbonyl (C=O) groups excluding carboxylic acids is 1. The minimum absolute atomic E-state index is 0.111. The molecule has 0 radical (unpaired) electrons. The minimum atomic E-state index is -3.95. The van der Waals surface area contributed by atoms with Crippen LogP contribution in [0.15, 0.2) is 69.6 Å². The van der Waals surface area contributed by atoms with Gasteiger partial charge in [0, 0.05) is 22.2 Å². The van der Waals surface area contributed by atoms with Crippen LogP contribution in [0.2, 0.25) is 0 Å². The van der Waals surface area contributed by atoms with Crippen LogP contribution < -0.4 is 0 Å². The van der Waals surface area contributed by atoms with Crippen LogP contribution in [0.4, 0.5) is 0 Å². The van der Waals surface area contributed by atoms with E-state index in [1.165, 1.54) is 0 Å². The Morgan fingerprint density at radius 1 is 0.848 bits per heavy atom. The van der Waals surface area contributed by atoms with Crippen molar-refractivity contribution in [2.24, 2.45) is 4.40 Å². The van der Waals surface area contributed by atoms with Crippen molar-refractivity contribution in [1.29, 1.82) is 0 Å². The van der Waals surface area contributed by atoms with Gasteiger partial charge in [-0.05, 0) is 65.7 Å². The first kappa shape index (κ1) is 24.9. The maximum atomic E-state index is 13.7. The van der Waals surface area contributed by atoms with E-state index in [2.05, 4.69) is 50.8 Å². The number of fused-ring (bicyclic) bond motifs is 1. The number of hydrogen-bond acceptors (Lipinski definition) is 4. The van der Waals surface area contributed by atoms with E-state index in [0.29, 0.717) is 16.8 Å². The third-order valence-corrected chi connectivity index (χ3v) is 7.98. The topological polar surface area (TPSA) is 66.8 Å². The lowest BCUT2D eigenvalue weighted by atomic mass is 9.84. The summed E-state index contributed by atoms with van der Waals surface area (Å²) in [6.45, 7) is 14.5. The van der Waals surface area contributed by atoms with Crippen molar-refractivity contribution >= 4 is 21.5 Å². The number of rotatable bonds is 7. The monoisotopic (exact) mass is 466 g/mol. The predicted molar refractivity (Wildman–Crippen MR) is 134 cm³/mol. The highest BCUT2D eigenvalue weighted by molar-refractivity contribution is 7.90. The molecule has 0 fully saturated rings. The average Bonchev–Trinajstić information content (AvgIpc) is 2.77. The highest BCUT2D eigenvalue weighted by Gasteiger charge is 2.41. The molecule has 0 unspecified atom stereocenters. The Kier molecular flexibility index (Phi) is 6.72. The fourth-order valence-corrected chi connectivity index (χ4v) is 5.23. The summed E-state index contributed by atoms with van der Waals surface area (Å²) in [7, 11) is -3.95. The van der Waals surface area contributed by atoms with Crippen molar-refractivity contribution in [2.75, 3.05) is 0 Å². The number of hydrogen-bond donors (Lipinski definition) is 0. The Labute approximate surface area is 198 Å². The van der Waals surface area contributed by atoms with E-state index in [1.54, 1.807) is 54.6 Å². The van der Waals surface area contributed by atoms with E-state index in [4.69, 9.17) is 0 Å². The molecule has 5 nitrogen and oxygen atoms in total. The second kappa shape index (κ2) is 8.90. The number of sulfonamides is 1. The molecular weight excluding hydrogens is 432 g/mol. The molecule has 0 amide bonds. The standard InChI is InChI=1S/C27H34N2O3S/c1-8-26(4,5)29(27(6,7)9-2)24-18-23(21-12-10-11-13-22(21)25(24)30)28-33(31,32)20-16-14-19(3)15-17-20/h10-18H,8-9H2,1-7H3/b28-23+. The highest BCUT2D eigenvalue weighted by Crippen LogP contribution is 2.38. The summed E-state index contributed by atoms with van der Waals surface area (Å²) >= 11 is 0. The van der Waals surface area contributed by atoms with Gasteiger partial charge in [-0.15, -0.1) is 0 Å². The third-order valence-electron chi connectivity index (χ3n) is 6.67. The van der Waals surface area contributed by atoms with E-state index >= 15 is 0 Å². The second-order valence-electron chi connectivity index (χ2n) is 9.84. The fourth-order valence-electron chi connectivity index (χ4n) is 4.24. The molecule has 0 saturated carbocycles. The Hall–Kier alpha value is -2.73. The molecule has 0 spiro atoms. The van der Waals surface area contributed by atoms with Gasteiger partial charge in [-0.3, -0.25) is 4.79 Å². The van der Waals surface area contributed by atoms with E-state index < -0.39 is 10.0 Å². The molecule has 0 aliphatic heterocycles. The van der Waals surface area contributed by atoms with Gasteiger partial charge in [-0.2, -0.15) is 12.8 Å². The van der Waals surface area contributed by atoms with Gasteiger partial charge in [-0.25, -0.2) is 0 Å². The van der Waals surface area contributed by atoms with E-state index in [9.17, 15) is 13.2 Å². The summed E-state index contributed by atoms with van der Waals surface area (Å²) in [5, 5.41) is 0. The maximum absolute atomic E-state index is 13.7. The van der Waals surface area contributed by atoms with Crippen molar-refractivity contribution in [1.82, 2.24) is 4.90 Å². The van der Waals surface area contributed by atoms with Crippen LogP contribution in [0.25, 0.3) is 0 Å².